The van der Waals surface area contributed by atoms with Crippen LogP contribution in [0, 0.1) is 5.82 Å². The third-order valence-electron chi connectivity index (χ3n) is 5.93. The van der Waals surface area contributed by atoms with Crippen molar-refractivity contribution in [3.63, 3.8) is 0 Å². The summed E-state index contributed by atoms with van der Waals surface area (Å²) in [6.07, 6.45) is 2.46. The second-order valence-electron chi connectivity index (χ2n) is 8.10. The fourth-order valence-corrected chi connectivity index (χ4v) is 4.42. The smallest absolute Gasteiger partial charge is 0.332 e. The SMILES string of the molecule is NC12Cc3ccccc3C1(Cc1ccc(Oc3ccc(F)cc3)cc1)OC(=O)/C=C\C(=O)O2. The zero-order chi connectivity index (χ0) is 23.1. The first kappa shape index (κ1) is 20.9. The number of esters is 2. The Labute approximate surface area is 189 Å². The van der Waals surface area contributed by atoms with Crippen molar-refractivity contribution in [1.82, 2.24) is 0 Å². The molecule has 2 atom stereocenters. The Bertz CT molecular complexity index is 1250. The summed E-state index contributed by atoms with van der Waals surface area (Å²) in [5.74, 6) is -0.661. The number of hydrogen-bond donors (Lipinski definition) is 1. The molecule has 0 saturated heterocycles. The molecule has 5 rings (SSSR count). The summed E-state index contributed by atoms with van der Waals surface area (Å²) in [6.45, 7) is 0. The van der Waals surface area contributed by atoms with Crippen LogP contribution in [0.2, 0.25) is 0 Å². The van der Waals surface area contributed by atoms with Crippen LogP contribution in [-0.4, -0.2) is 17.7 Å². The molecule has 0 fully saturated rings. The van der Waals surface area contributed by atoms with Crippen molar-refractivity contribution in [3.8, 4) is 11.5 Å². The Hall–Kier alpha value is -3.97. The number of ether oxygens (including phenoxy) is 3. The summed E-state index contributed by atoms with van der Waals surface area (Å²) in [5, 5.41) is 0. The van der Waals surface area contributed by atoms with E-state index in [-0.39, 0.29) is 18.7 Å². The molecule has 0 radical (unpaired) electrons. The minimum Gasteiger partial charge on any atom is -0.457 e. The molecule has 1 aliphatic carbocycles. The number of halogens is 1. The van der Waals surface area contributed by atoms with Crippen molar-refractivity contribution in [1.29, 1.82) is 0 Å². The van der Waals surface area contributed by atoms with Gasteiger partial charge in [-0.2, -0.15) is 0 Å². The summed E-state index contributed by atoms with van der Waals surface area (Å²) in [6, 6.07) is 20.3. The number of fused-ring (bicyclic) bond motifs is 3. The number of rotatable bonds is 4. The predicted molar refractivity (Wildman–Crippen MR) is 117 cm³/mol. The number of nitrogens with two attached hydrogens (primary N) is 1. The van der Waals surface area contributed by atoms with E-state index in [4.69, 9.17) is 19.9 Å². The molecule has 2 unspecified atom stereocenters. The lowest BCUT2D eigenvalue weighted by molar-refractivity contribution is -0.209. The van der Waals surface area contributed by atoms with Crippen LogP contribution in [0.5, 0.6) is 11.5 Å². The third-order valence-corrected chi connectivity index (χ3v) is 5.93. The lowest BCUT2D eigenvalue weighted by Gasteiger charge is -2.42. The first-order chi connectivity index (χ1) is 15.9. The summed E-state index contributed by atoms with van der Waals surface area (Å²) < 4.78 is 30.4. The van der Waals surface area contributed by atoms with Crippen LogP contribution in [0.1, 0.15) is 16.7 Å². The standard InChI is InChI=1S/C26H20FNO5/c27-19-7-11-21(12-8-19)31-20-9-5-17(6-10-20)15-25-22-4-2-1-3-18(22)16-26(25,28)33-24(30)14-13-23(29)32-25/h1-14H,15-16,28H2/b14-13-. The first-order valence-corrected chi connectivity index (χ1v) is 10.4. The molecule has 1 heterocycles. The molecule has 6 nitrogen and oxygen atoms in total. The second-order valence-corrected chi connectivity index (χ2v) is 8.10. The van der Waals surface area contributed by atoms with Crippen molar-refractivity contribution in [2.45, 2.75) is 24.2 Å². The summed E-state index contributed by atoms with van der Waals surface area (Å²) in [4.78, 5) is 24.8. The molecule has 2 N–H and O–H groups in total. The fraction of sp³-hybridized carbons (Fsp3) is 0.154. The van der Waals surface area contributed by atoms with Crippen LogP contribution >= 0.6 is 0 Å². The molecule has 33 heavy (non-hydrogen) atoms. The van der Waals surface area contributed by atoms with Gasteiger partial charge in [0.1, 0.15) is 17.3 Å². The van der Waals surface area contributed by atoms with E-state index in [9.17, 15) is 14.0 Å². The van der Waals surface area contributed by atoms with Gasteiger partial charge in [-0.3, -0.25) is 5.73 Å². The van der Waals surface area contributed by atoms with Crippen molar-refractivity contribution < 1.29 is 28.2 Å². The van der Waals surface area contributed by atoms with E-state index in [2.05, 4.69) is 0 Å². The van der Waals surface area contributed by atoms with Crippen LogP contribution in [0.15, 0.2) is 84.9 Å². The van der Waals surface area contributed by atoms with Crippen LogP contribution in [0.3, 0.4) is 0 Å². The molecule has 0 spiro atoms. The van der Waals surface area contributed by atoms with E-state index >= 15 is 0 Å². The van der Waals surface area contributed by atoms with E-state index in [0.29, 0.717) is 17.1 Å². The van der Waals surface area contributed by atoms with Gasteiger partial charge in [0.2, 0.25) is 5.72 Å². The highest BCUT2D eigenvalue weighted by atomic mass is 19.1. The second kappa shape index (κ2) is 7.86. The van der Waals surface area contributed by atoms with Gasteiger partial charge in [0.05, 0.1) is 0 Å². The van der Waals surface area contributed by atoms with Crippen molar-refractivity contribution in [3.05, 3.63) is 107 Å². The van der Waals surface area contributed by atoms with Gasteiger partial charge < -0.3 is 14.2 Å². The van der Waals surface area contributed by atoms with Crippen molar-refractivity contribution >= 4 is 11.9 Å². The number of benzene rings is 3. The molecule has 3 aromatic rings. The highest BCUT2D eigenvalue weighted by Gasteiger charge is 2.62. The van der Waals surface area contributed by atoms with Crippen LogP contribution in [0.25, 0.3) is 0 Å². The zero-order valence-corrected chi connectivity index (χ0v) is 17.5. The lowest BCUT2D eigenvalue weighted by atomic mass is 9.83. The van der Waals surface area contributed by atoms with Crippen molar-refractivity contribution in [2.75, 3.05) is 0 Å². The molecule has 0 saturated carbocycles. The van der Waals surface area contributed by atoms with Crippen LogP contribution < -0.4 is 10.5 Å². The molecule has 2 aliphatic rings. The average Bonchev–Trinajstić information content (AvgIpc) is 3.01. The van der Waals surface area contributed by atoms with Gasteiger partial charge in [0, 0.05) is 30.6 Å². The topological polar surface area (TPSA) is 87.9 Å². The quantitative estimate of drug-likeness (QED) is 0.613. The van der Waals surface area contributed by atoms with E-state index in [1.165, 1.54) is 24.3 Å². The van der Waals surface area contributed by atoms with E-state index < -0.39 is 23.3 Å². The minimum absolute atomic E-state index is 0.185. The van der Waals surface area contributed by atoms with Gasteiger partial charge in [0.25, 0.3) is 0 Å². The van der Waals surface area contributed by atoms with Gasteiger partial charge in [-0.1, -0.05) is 36.4 Å². The van der Waals surface area contributed by atoms with E-state index in [0.717, 1.165) is 23.3 Å². The zero-order valence-electron chi connectivity index (χ0n) is 17.5. The maximum Gasteiger partial charge on any atom is 0.332 e. The predicted octanol–water partition coefficient (Wildman–Crippen LogP) is 3.92. The summed E-state index contributed by atoms with van der Waals surface area (Å²) in [7, 11) is 0. The lowest BCUT2D eigenvalue weighted by Crippen LogP contribution is -2.62. The fourth-order valence-electron chi connectivity index (χ4n) is 4.42. The Morgan fingerprint density at radius 3 is 2.15 bits per heavy atom. The molecule has 3 aromatic carbocycles. The molecular weight excluding hydrogens is 425 g/mol. The maximum absolute atomic E-state index is 13.1. The minimum atomic E-state index is -1.57. The molecular formula is C26H20FNO5. The van der Waals surface area contributed by atoms with Gasteiger partial charge in [0.15, 0.2) is 5.60 Å². The van der Waals surface area contributed by atoms with Gasteiger partial charge >= 0.3 is 11.9 Å². The molecule has 0 bridgehead atoms. The van der Waals surface area contributed by atoms with Gasteiger partial charge in [-0.05, 0) is 47.5 Å². The van der Waals surface area contributed by atoms with Crippen LogP contribution in [0.4, 0.5) is 4.39 Å². The normalized spacial score (nSPS) is 24.5. The molecule has 7 heteroatoms. The van der Waals surface area contributed by atoms with E-state index in [1.54, 1.807) is 12.1 Å². The van der Waals surface area contributed by atoms with Gasteiger partial charge in [-0.15, -0.1) is 0 Å². The van der Waals surface area contributed by atoms with Crippen LogP contribution in [-0.2, 0) is 37.5 Å². The largest absolute Gasteiger partial charge is 0.457 e. The Morgan fingerprint density at radius 2 is 1.45 bits per heavy atom. The van der Waals surface area contributed by atoms with Gasteiger partial charge in [-0.25, -0.2) is 14.0 Å². The summed E-state index contributed by atoms with van der Waals surface area (Å²) >= 11 is 0. The Morgan fingerprint density at radius 1 is 0.848 bits per heavy atom. The third kappa shape index (κ3) is 3.76. The van der Waals surface area contributed by atoms with E-state index in [1.807, 2.05) is 36.4 Å². The number of carbonyl (C=O) groups is 2. The number of hydrogen-bond acceptors (Lipinski definition) is 6. The average molecular weight is 445 g/mol. The monoisotopic (exact) mass is 445 g/mol. The molecule has 0 amide bonds. The first-order valence-electron chi connectivity index (χ1n) is 10.4. The Balaban J connectivity index is 1.50. The Kier molecular flexibility index (Phi) is 4.98. The summed E-state index contributed by atoms with van der Waals surface area (Å²) in [5.41, 5.74) is 6.02. The highest BCUT2D eigenvalue weighted by Crippen LogP contribution is 2.49. The molecule has 166 valence electrons. The maximum atomic E-state index is 13.1. The highest BCUT2D eigenvalue weighted by molar-refractivity contribution is 5.93. The molecule has 1 aliphatic heterocycles. The molecule has 0 aromatic heterocycles. The van der Waals surface area contributed by atoms with Crippen molar-refractivity contribution in [2.24, 2.45) is 5.73 Å². The number of carbonyl (C=O) groups excluding carboxylic acids is 2.